The highest BCUT2D eigenvalue weighted by molar-refractivity contribution is 7.98. The van der Waals surface area contributed by atoms with E-state index in [4.69, 9.17) is 5.73 Å². The Kier molecular flexibility index (Phi) is 4.87. The number of amides is 1. The minimum absolute atomic E-state index is 0.251. The lowest BCUT2D eigenvalue weighted by molar-refractivity contribution is 0.0994. The molecule has 0 aliphatic heterocycles. The van der Waals surface area contributed by atoms with Crippen molar-refractivity contribution in [2.75, 3.05) is 17.2 Å². The molecule has 0 saturated carbocycles. The Labute approximate surface area is 173 Å². The van der Waals surface area contributed by atoms with Gasteiger partial charge in [-0.25, -0.2) is 13.1 Å². The van der Waals surface area contributed by atoms with Crippen molar-refractivity contribution in [3.8, 4) is 16.9 Å². The van der Waals surface area contributed by atoms with E-state index in [1.165, 1.54) is 0 Å². The number of sulfonamides is 1. The van der Waals surface area contributed by atoms with Crippen molar-refractivity contribution in [2.45, 2.75) is 17.7 Å². The number of rotatable bonds is 5. The second-order valence-electron chi connectivity index (χ2n) is 6.90. The van der Waals surface area contributed by atoms with Crippen LogP contribution in [0.3, 0.4) is 0 Å². The molecule has 1 heterocycles. The molecule has 1 aliphatic rings. The van der Waals surface area contributed by atoms with E-state index in [0.29, 0.717) is 12.1 Å². The number of nitrogens with one attached hydrogen (secondary N) is 1. The van der Waals surface area contributed by atoms with Gasteiger partial charge in [0.2, 0.25) is 10.0 Å². The van der Waals surface area contributed by atoms with Crippen LogP contribution in [0.25, 0.3) is 16.9 Å². The van der Waals surface area contributed by atoms with E-state index in [1.807, 2.05) is 36.6 Å². The van der Waals surface area contributed by atoms with Crippen LogP contribution >= 0.6 is 11.8 Å². The number of nitrogens with two attached hydrogens (primary N) is 1. The van der Waals surface area contributed by atoms with E-state index in [-0.39, 0.29) is 5.69 Å². The molecule has 0 atom stereocenters. The van der Waals surface area contributed by atoms with Crippen molar-refractivity contribution in [1.82, 2.24) is 9.78 Å². The van der Waals surface area contributed by atoms with Gasteiger partial charge < -0.3 is 5.73 Å². The second-order valence-corrected chi connectivity index (χ2v) is 9.52. The highest BCUT2D eigenvalue weighted by Gasteiger charge is 2.28. The number of nitrogens with zero attached hydrogens (tertiary/aromatic N) is 2. The van der Waals surface area contributed by atoms with Crippen molar-refractivity contribution in [2.24, 2.45) is 5.73 Å². The Hall–Kier alpha value is -2.78. The first-order valence-corrected chi connectivity index (χ1v) is 12.1. The minimum atomic E-state index is -3.41. The average Bonchev–Trinajstić information content (AvgIpc) is 3.07. The fourth-order valence-corrected chi connectivity index (χ4v) is 4.59. The molecule has 4 rings (SSSR count). The number of benzene rings is 2. The van der Waals surface area contributed by atoms with Gasteiger partial charge in [0.05, 0.1) is 17.6 Å². The normalized spacial score (nSPS) is 12.9. The number of carbonyl (C=O) groups is 1. The Bertz CT molecular complexity index is 1220. The number of primary amides is 1. The van der Waals surface area contributed by atoms with E-state index in [0.717, 1.165) is 45.6 Å². The van der Waals surface area contributed by atoms with Crippen LogP contribution < -0.4 is 10.5 Å². The number of thioether (sulfide) groups is 1. The Morgan fingerprint density at radius 2 is 1.90 bits per heavy atom. The number of hydrogen-bond donors (Lipinski definition) is 2. The van der Waals surface area contributed by atoms with Gasteiger partial charge >= 0.3 is 0 Å². The summed E-state index contributed by atoms with van der Waals surface area (Å²) >= 11 is 1.64. The number of anilines is 1. The summed E-state index contributed by atoms with van der Waals surface area (Å²) in [6.07, 6.45) is 4.48. The van der Waals surface area contributed by atoms with Crippen molar-refractivity contribution >= 4 is 33.4 Å². The van der Waals surface area contributed by atoms with E-state index in [2.05, 4.69) is 9.82 Å². The van der Waals surface area contributed by atoms with Crippen LogP contribution in [0.4, 0.5) is 5.69 Å². The van der Waals surface area contributed by atoms with Gasteiger partial charge in [0.15, 0.2) is 5.69 Å². The maximum absolute atomic E-state index is 12.0. The molecule has 2 aromatic carbocycles. The van der Waals surface area contributed by atoms with Gasteiger partial charge in [-0.15, -0.1) is 11.8 Å². The Morgan fingerprint density at radius 3 is 2.52 bits per heavy atom. The molecule has 0 spiro atoms. The van der Waals surface area contributed by atoms with Crippen LogP contribution in [-0.4, -0.2) is 36.6 Å². The molecule has 0 unspecified atom stereocenters. The quantitative estimate of drug-likeness (QED) is 0.608. The fraction of sp³-hybridized carbons (Fsp3) is 0.200. The topological polar surface area (TPSA) is 107 Å². The maximum Gasteiger partial charge on any atom is 0.269 e. The molecule has 3 aromatic rings. The highest BCUT2D eigenvalue weighted by atomic mass is 32.2. The van der Waals surface area contributed by atoms with Crippen LogP contribution in [0.15, 0.2) is 47.4 Å². The van der Waals surface area contributed by atoms with E-state index < -0.39 is 15.9 Å². The summed E-state index contributed by atoms with van der Waals surface area (Å²) in [5.41, 5.74) is 10.6. The third-order valence-electron chi connectivity index (χ3n) is 4.85. The van der Waals surface area contributed by atoms with Crippen molar-refractivity contribution < 1.29 is 13.2 Å². The molecule has 9 heteroatoms. The number of hydrogen-bond acceptors (Lipinski definition) is 5. The van der Waals surface area contributed by atoms with Crippen LogP contribution in [0.1, 0.15) is 21.6 Å². The molecule has 0 radical (unpaired) electrons. The first kappa shape index (κ1) is 19.5. The monoisotopic (exact) mass is 428 g/mol. The van der Waals surface area contributed by atoms with Gasteiger partial charge in [-0.3, -0.25) is 9.52 Å². The number of aromatic nitrogens is 2. The predicted molar refractivity (Wildman–Crippen MR) is 115 cm³/mol. The maximum atomic E-state index is 12.0. The van der Waals surface area contributed by atoms with Gasteiger partial charge in [0.25, 0.3) is 5.91 Å². The van der Waals surface area contributed by atoms with Gasteiger partial charge in [-0.2, -0.15) is 5.10 Å². The number of fused-ring (bicyclic) bond motifs is 3. The molecule has 3 N–H and O–H groups in total. The third kappa shape index (κ3) is 3.75. The molecule has 0 saturated heterocycles. The van der Waals surface area contributed by atoms with Crippen LogP contribution in [0.2, 0.25) is 0 Å². The molecule has 0 fully saturated rings. The zero-order chi connectivity index (χ0) is 20.8. The Balaban J connectivity index is 1.93. The minimum Gasteiger partial charge on any atom is -0.364 e. The molecular formula is C20H20N4O3S2. The van der Waals surface area contributed by atoms with Gasteiger partial charge in [-0.05, 0) is 61.1 Å². The summed E-state index contributed by atoms with van der Waals surface area (Å²) in [6, 6.07) is 13.3. The SMILES string of the molecule is CSc1ccc(-n2nc(C(N)=O)c3c2-c2cc(NS(C)(=O)=O)ccc2CC3)cc1. The van der Waals surface area contributed by atoms with Gasteiger partial charge in [0.1, 0.15) is 0 Å². The highest BCUT2D eigenvalue weighted by Crippen LogP contribution is 2.38. The lowest BCUT2D eigenvalue weighted by Crippen LogP contribution is -2.15. The lowest BCUT2D eigenvalue weighted by atomic mass is 9.88. The first-order valence-electron chi connectivity index (χ1n) is 8.94. The van der Waals surface area contributed by atoms with Crippen molar-refractivity contribution in [3.63, 3.8) is 0 Å². The first-order chi connectivity index (χ1) is 13.8. The molecule has 150 valence electrons. The average molecular weight is 429 g/mol. The summed E-state index contributed by atoms with van der Waals surface area (Å²) in [7, 11) is -3.41. The third-order valence-corrected chi connectivity index (χ3v) is 6.20. The fourth-order valence-electron chi connectivity index (χ4n) is 3.62. The largest absolute Gasteiger partial charge is 0.364 e. The number of aryl methyl sites for hydroxylation is 1. The van der Waals surface area contributed by atoms with Crippen molar-refractivity contribution in [3.05, 3.63) is 59.3 Å². The van der Waals surface area contributed by atoms with E-state index >= 15 is 0 Å². The molecule has 1 amide bonds. The van der Waals surface area contributed by atoms with Crippen LogP contribution in [-0.2, 0) is 22.9 Å². The van der Waals surface area contributed by atoms with Gasteiger partial charge in [-0.1, -0.05) is 6.07 Å². The summed E-state index contributed by atoms with van der Waals surface area (Å²) in [6.45, 7) is 0. The van der Waals surface area contributed by atoms with Crippen molar-refractivity contribution in [1.29, 1.82) is 0 Å². The van der Waals surface area contributed by atoms with Gasteiger partial charge in [0, 0.05) is 21.7 Å². The smallest absolute Gasteiger partial charge is 0.269 e. The molecule has 7 nitrogen and oxygen atoms in total. The summed E-state index contributed by atoms with van der Waals surface area (Å²) in [4.78, 5) is 13.2. The Morgan fingerprint density at radius 1 is 1.17 bits per heavy atom. The molecule has 1 aliphatic carbocycles. The summed E-state index contributed by atoms with van der Waals surface area (Å²) < 4.78 is 27.6. The summed E-state index contributed by atoms with van der Waals surface area (Å²) in [5.74, 6) is -0.574. The van der Waals surface area contributed by atoms with Crippen LogP contribution in [0, 0.1) is 0 Å². The zero-order valence-electron chi connectivity index (χ0n) is 16.0. The summed E-state index contributed by atoms with van der Waals surface area (Å²) in [5, 5.41) is 4.52. The molecule has 29 heavy (non-hydrogen) atoms. The zero-order valence-corrected chi connectivity index (χ0v) is 17.6. The van der Waals surface area contributed by atoms with E-state index in [9.17, 15) is 13.2 Å². The standard InChI is InChI=1S/C20H20N4O3S2/c1-28-15-8-6-14(7-9-15)24-19-16(18(22-24)20(21)25)10-4-12-3-5-13(11-17(12)19)23-29(2,26)27/h3,5-9,11,23H,4,10H2,1-2H3,(H2,21,25). The second kappa shape index (κ2) is 7.23. The van der Waals surface area contributed by atoms with Crippen LogP contribution in [0.5, 0.6) is 0 Å². The molecule has 0 bridgehead atoms. The van der Waals surface area contributed by atoms with E-state index in [1.54, 1.807) is 28.6 Å². The number of carbonyl (C=O) groups excluding carboxylic acids is 1. The lowest BCUT2D eigenvalue weighted by Gasteiger charge is -2.20. The molecular weight excluding hydrogens is 408 g/mol. The molecule has 1 aromatic heterocycles. The predicted octanol–water partition coefficient (Wildman–Crippen LogP) is 2.83.